The Labute approximate surface area is 106 Å². The summed E-state index contributed by atoms with van der Waals surface area (Å²) in [5.74, 6) is 0.384. The van der Waals surface area contributed by atoms with Crippen LogP contribution in [0.25, 0.3) is 0 Å². The smallest absolute Gasteiger partial charge is 0.153 e. The van der Waals surface area contributed by atoms with Gasteiger partial charge in [0, 0.05) is 6.04 Å². The molecule has 0 radical (unpaired) electrons. The van der Waals surface area contributed by atoms with Crippen molar-refractivity contribution in [3.05, 3.63) is 0 Å². The molecule has 102 valence electrons. The van der Waals surface area contributed by atoms with E-state index in [9.17, 15) is 8.42 Å². The monoisotopic (exact) mass is 261 g/mol. The van der Waals surface area contributed by atoms with E-state index in [1.807, 2.05) is 6.92 Å². The average molecular weight is 261 g/mol. The Balaban J connectivity index is 2.47. The van der Waals surface area contributed by atoms with Gasteiger partial charge in [-0.05, 0) is 38.6 Å². The third-order valence-corrected chi connectivity index (χ3v) is 5.90. The molecule has 0 aromatic rings. The molecule has 2 atom stereocenters. The van der Waals surface area contributed by atoms with Gasteiger partial charge in [-0.3, -0.25) is 0 Å². The molecule has 0 aliphatic heterocycles. The molecule has 0 saturated heterocycles. The standard InChI is InChI=1S/C13H27NO2S/c1-3-5-10-17(15,16)13-8-6-7-12(11-13)14-9-4-2/h12-14H,3-11H2,1-2H3. The maximum absolute atomic E-state index is 12.1. The number of rotatable bonds is 7. The number of sulfone groups is 1. The molecule has 4 heteroatoms. The van der Waals surface area contributed by atoms with Gasteiger partial charge in [-0.2, -0.15) is 0 Å². The van der Waals surface area contributed by atoms with E-state index in [0.717, 1.165) is 51.5 Å². The van der Waals surface area contributed by atoms with E-state index in [1.165, 1.54) is 0 Å². The van der Waals surface area contributed by atoms with Crippen molar-refractivity contribution >= 4 is 9.84 Å². The summed E-state index contributed by atoms with van der Waals surface area (Å²) in [5.41, 5.74) is 0. The van der Waals surface area contributed by atoms with Gasteiger partial charge in [0.1, 0.15) is 0 Å². The van der Waals surface area contributed by atoms with Gasteiger partial charge in [-0.1, -0.05) is 26.7 Å². The van der Waals surface area contributed by atoms with Crippen molar-refractivity contribution in [2.75, 3.05) is 12.3 Å². The lowest BCUT2D eigenvalue weighted by molar-refractivity contribution is 0.372. The van der Waals surface area contributed by atoms with Crippen LogP contribution in [0.2, 0.25) is 0 Å². The van der Waals surface area contributed by atoms with Crippen molar-refractivity contribution in [2.24, 2.45) is 0 Å². The zero-order valence-electron chi connectivity index (χ0n) is 11.2. The molecule has 1 aliphatic rings. The van der Waals surface area contributed by atoms with Crippen molar-refractivity contribution in [3.63, 3.8) is 0 Å². The maximum atomic E-state index is 12.1. The van der Waals surface area contributed by atoms with E-state index in [-0.39, 0.29) is 5.25 Å². The number of nitrogens with one attached hydrogen (secondary N) is 1. The predicted molar refractivity (Wildman–Crippen MR) is 73.0 cm³/mol. The second-order valence-electron chi connectivity index (χ2n) is 5.16. The first-order chi connectivity index (χ1) is 8.10. The summed E-state index contributed by atoms with van der Waals surface area (Å²) >= 11 is 0. The average Bonchev–Trinajstić information content (AvgIpc) is 2.34. The minimum Gasteiger partial charge on any atom is -0.314 e. The highest BCUT2D eigenvalue weighted by molar-refractivity contribution is 7.92. The van der Waals surface area contributed by atoms with Gasteiger partial charge >= 0.3 is 0 Å². The highest BCUT2D eigenvalue weighted by Gasteiger charge is 2.30. The Kier molecular flexibility index (Phi) is 6.49. The van der Waals surface area contributed by atoms with Gasteiger partial charge in [0.15, 0.2) is 9.84 Å². The zero-order chi connectivity index (χ0) is 12.7. The molecular formula is C13H27NO2S. The van der Waals surface area contributed by atoms with Gasteiger partial charge in [0.2, 0.25) is 0 Å². The Hall–Kier alpha value is -0.0900. The van der Waals surface area contributed by atoms with Gasteiger partial charge in [0.25, 0.3) is 0 Å². The minimum atomic E-state index is -2.84. The van der Waals surface area contributed by atoms with Crippen molar-refractivity contribution < 1.29 is 8.42 Å². The van der Waals surface area contributed by atoms with E-state index in [1.54, 1.807) is 0 Å². The van der Waals surface area contributed by atoms with Crippen LogP contribution >= 0.6 is 0 Å². The van der Waals surface area contributed by atoms with Crippen molar-refractivity contribution in [3.8, 4) is 0 Å². The van der Waals surface area contributed by atoms with Crippen LogP contribution in [0.5, 0.6) is 0 Å². The molecule has 0 amide bonds. The highest BCUT2D eigenvalue weighted by Crippen LogP contribution is 2.25. The summed E-state index contributed by atoms with van der Waals surface area (Å²) in [5, 5.41) is 3.38. The summed E-state index contributed by atoms with van der Waals surface area (Å²) < 4.78 is 24.3. The van der Waals surface area contributed by atoms with Crippen LogP contribution < -0.4 is 5.32 Å². The minimum absolute atomic E-state index is 0.0860. The van der Waals surface area contributed by atoms with Crippen LogP contribution in [0.15, 0.2) is 0 Å². The molecule has 0 aromatic carbocycles. The second-order valence-corrected chi connectivity index (χ2v) is 7.56. The third-order valence-electron chi connectivity index (χ3n) is 3.60. The largest absolute Gasteiger partial charge is 0.314 e. The van der Waals surface area contributed by atoms with Gasteiger partial charge < -0.3 is 5.32 Å². The summed E-state index contributed by atoms with van der Waals surface area (Å²) in [4.78, 5) is 0. The molecule has 2 unspecified atom stereocenters. The summed E-state index contributed by atoms with van der Waals surface area (Å²) in [7, 11) is -2.84. The molecular weight excluding hydrogens is 234 g/mol. The lowest BCUT2D eigenvalue weighted by Gasteiger charge is -2.29. The number of hydrogen-bond donors (Lipinski definition) is 1. The van der Waals surface area contributed by atoms with Crippen LogP contribution in [0.3, 0.4) is 0 Å². The normalized spacial score (nSPS) is 26.0. The predicted octanol–water partition coefficient (Wildman–Crippen LogP) is 2.51. The zero-order valence-corrected chi connectivity index (χ0v) is 12.1. The van der Waals surface area contributed by atoms with E-state index >= 15 is 0 Å². The molecule has 1 fully saturated rings. The second kappa shape index (κ2) is 7.37. The molecule has 0 bridgehead atoms. The Morgan fingerprint density at radius 2 is 1.94 bits per heavy atom. The summed E-state index contributed by atoms with van der Waals surface area (Å²) in [6.07, 6.45) is 6.78. The molecule has 0 aromatic heterocycles. The highest BCUT2D eigenvalue weighted by atomic mass is 32.2. The molecule has 1 N–H and O–H groups in total. The van der Waals surface area contributed by atoms with Crippen LogP contribution in [0.4, 0.5) is 0 Å². The van der Waals surface area contributed by atoms with Gasteiger partial charge in [0.05, 0.1) is 11.0 Å². The SMILES string of the molecule is CCCCS(=O)(=O)C1CCCC(NCCC)C1. The lowest BCUT2D eigenvalue weighted by Crippen LogP contribution is -2.40. The summed E-state index contributed by atoms with van der Waals surface area (Å²) in [6.45, 7) is 5.19. The molecule has 0 heterocycles. The quantitative estimate of drug-likeness (QED) is 0.766. The Morgan fingerprint density at radius 3 is 2.59 bits per heavy atom. The van der Waals surface area contributed by atoms with E-state index in [4.69, 9.17) is 0 Å². The fourth-order valence-corrected chi connectivity index (χ4v) is 4.59. The summed E-state index contributed by atoms with van der Waals surface area (Å²) in [6, 6.07) is 0.421. The first-order valence-electron chi connectivity index (χ1n) is 7.05. The molecule has 3 nitrogen and oxygen atoms in total. The van der Waals surface area contributed by atoms with Gasteiger partial charge in [-0.15, -0.1) is 0 Å². The Bertz CT molecular complexity index is 301. The molecule has 0 spiro atoms. The van der Waals surface area contributed by atoms with Crippen molar-refractivity contribution in [1.82, 2.24) is 5.32 Å². The fourth-order valence-electron chi connectivity index (χ4n) is 2.52. The van der Waals surface area contributed by atoms with E-state index in [0.29, 0.717) is 11.8 Å². The van der Waals surface area contributed by atoms with Crippen LogP contribution in [0.1, 0.15) is 58.8 Å². The van der Waals surface area contributed by atoms with Crippen LogP contribution in [0, 0.1) is 0 Å². The molecule has 1 aliphatic carbocycles. The lowest BCUT2D eigenvalue weighted by atomic mass is 9.95. The van der Waals surface area contributed by atoms with Gasteiger partial charge in [-0.25, -0.2) is 8.42 Å². The third kappa shape index (κ3) is 4.96. The topological polar surface area (TPSA) is 46.2 Å². The number of unbranched alkanes of at least 4 members (excludes halogenated alkanes) is 1. The van der Waals surface area contributed by atoms with Crippen molar-refractivity contribution in [1.29, 1.82) is 0 Å². The molecule has 17 heavy (non-hydrogen) atoms. The maximum Gasteiger partial charge on any atom is 0.153 e. The van der Waals surface area contributed by atoms with E-state index in [2.05, 4.69) is 12.2 Å². The molecule has 1 rings (SSSR count). The van der Waals surface area contributed by atoms with E-state index < -0.39 is 9.84 Å². The number of hydrogen-bond acceptors (Lipinski definition) is 3. The Morgan fingerprint density at radius 1 is 1.18 bits per heavy atom. The van der Waals surface area contributed by atoms with Crippen LogP contribution in [-0.4, -0.2) is 32.0 Å². The first-order valence-corrected chi connectivity index (χ1v) is 8.76. The molecule has 1 saturated carbocycles. The van der Waals surface area contributed by atoms with Crippen molar-refractivity contribution in [2.45, 2.75) is 70.1 Å². The first kappa shape index (κ1) is 15.0. The fraction of sp³-hybridized carbons (Fsp3) is 1.00. The van der Waals surface area contributed by atoms with Crippen LogP contribution in [-0.2, 0) is 9.84 Å².